The largest absolute Gasteiger partial charge is 0.326 e. The van der Waals surface area contributed by atoms with Gasteiger partial charge in [0.25, 0.3) is 0 Å². The number of benzene rings is 1. The lowest BCUT2D eigenvalue weighted by Crippen LogP contribution is -2.06. The number of aromatic nitrogens is 3. The number of anilines is 2. The van der Waals surface area contributed by atoms with Gasteiger partial charge in [0, 0.05) is 12.2 Å². The van der Waals surface area contributed by atoms with Gasteiger partial charge in [0.2, 0.25) is 5.95 Å². The summed E-state index contributed by atoms with van der Waals surface area (Å²) in [5, 5.41) is 11.5. The maximum absolute atomic E-state index is 5.57. The first-order chi connectivity index (χ1) is 9.26. The van der Waals surface area contributed by atoms with E-state index in [9.17, 15) is 0 Å². The summed E-state index contributed by atoms with van der Waals surface area (Å²) >= 11 is 0. The quantitative estimate of drug-likeness (QED) is 0.858. The molecule has 1 aromatic carbocycles. The summed E-state index contributed by atoms with van der Waals surface area (Å²) in [7, 11) is 0. The average molecular weight is 257 g/mol. The van der Waals surface area contributed by atoms with E-state index >= 15 is 0 Å². The van der Waals surface area contributed by atoms with Gasteiger partial charge in [-0.05, 0) is 30.5 Å². The molecule has 0 radical (unpaired) electrons. The standard InChI is InChI=1S/C14H19N5/c1-3-12-13(4-2)18-19-14(17-12)16-11-7-5-10(9-15)6-8-11/h5-8H,3-4,9,15H2,1-2H3,(H,16,17,19). The SMILES string of the molecule is CCc1nnc(Nc2ccc(CN)cc2)nc1CC. The monoisotopic (exact) mass is 257 g/mol. The smallest absolute Gasteiger partial charge is 0.247 e. The minimum Gasteiger partial charge on any atom is -0.326 e. The van der Waals surface area contributed by atoms with Crippen molar-refractivity contribution in [3.63, 3.8) is 0 Å². The van der Waals surface area contributed by atoms with Gasteiger partial charge in [-0.1, -0.05) is 26.0 Å². The molecule has 5 nitrogen and oxygen atoms in total. The Morgan fingerprint density at radius 3 is 2.26 bits per heavy atom. The van der Waals surface area contributed by atoms with Crippen LogP contribution in [0, 0.1) is 0 Å². The van der Waals surface area contributed by atoms with Gasteiger partial charge in [0.1, 0.15) is 0 Å². The van der Waals surface area contributed by atoms with E-state index < -0.39 is 0 Å². The molecule has 0 spiro atoms. The van der Waals surface area contributed by atoms with E-state index in [0.29, 0.717) is 12.5 Å². The van der Waals surface area contributed by atoms with Crippen LogP contribution in [-0.4, -0.2) is 15.2 Å². The van der Waals surface area contributed by atoms with Crippen LogP contribution >= 0.6 is 0 Å². The molecule has 0 fully saturated rings. The summed E-state index contributed by atoms with van der Waals surface area (Å²) in [6.45, 7) is 4.68. The van der Waals surface area contributed by atoms with Crippen LogP contribution in [0.1, 0.15) is 30.8 Å². The second-order valence-corrected chi connectivity index (χ2v) is 4.26. The highest BCUT2D eigenvalue weighted by Crippen LogP contribution is 2.14. The van der Waals surface area contributed by atoms with Gasteiger partial charge in [0.05, 0.1) is 11.4 Å². The van der Waals surface area contributed by atoms with Crippen LogP contribution in [0.25, 0.3) is 0 Å². The molecule has 1 aromatic heterocycles. The van der Waals surface area contributed by atoms with Crippen molar-refractivity contribution < 1.29 is 0 Å². The van der Waals surface area contributed by atoms with E-state index in [2.05, 4.69) is 34.3 Å². The molecule has 3 N–H and O–H groups in total. The molecule has 0 unspecified atom stereocenters. The molecule has 0 saturated heterocycles. The Bertz CT molecular complexity index is 536. The van der Waals surface area contributed by atoms with Gasteiger partial charge >= 0.3 is 0 Å². The third kappa shape index (κ3) is 3.26. The van der Waals surface area contributed by atoms with Crippen LogP contribution in [0.4, 0.5) is 11.6 Å². The summed E-state index contributed by atoms with van der Waals surface area (Å²) < 4.78 is 0. The van der Waals surface area contributed by atoms with Crippen molar-refractivity contribution in [2.45, 2.75) is 33.2 Å². The lowest BCUT2D eigenvalue weighted by molar-refractivity contribution is 0.829. The molecule has 0 saturated carbocycles. The number of aryl methyl sites for hydroxylation is 2. The lowest BCUT2D eigenvalue weighted by Gasteiger charge is -2.08. The van der Waals surface area contributed by atoms with E-state index in [0.717, 1.165) is 35.5 Å². The zero-order valence-corrected chi connectivity index (χ0v) is 11.3. The van der Waals surface area contributed by atoms with Crippen LogP contribution in [0.15, 0.2) is 24.3 Å². The molecule has 100 valence electrons. The minimum absolute atomic E-state index is 0.537. The third-order valence-corrected chi connectivity index (χ3v) is 2.95. The van der Waals surface area contributed by atoms with Crippen LogP contribution in [0.5, 0.6) is 0 Å². The lowest BCUT2D eigenvalue weighted by atomic mass is 10.2. The summed E-state index contributed by atoms with van der Waals surface area (Å²) in [5.74, 6) is 0.537. The highest BCUT2D eigenvalue weighted by atomic mass is 15.2. The van der Waals surface area contributed by atoms with Crippen molar-refractivity contribution in [1.82, 2.24) is 15.2 Å². The van der Waals surface area contributed by atoms with Gasteiger partial charge in [-0.15, -0.1) is 10.2 Å². The van der Waals surface area contributed by atoms with Gasteiger partial charge in [-0.3, -0.25) is 0 Å². The molecule has 0 atom stereocenters. The van der Waals surface area contributed by atoms with E-state index in [1.165, 1.54) is 0 Å². The van der Waals surface area contributed by atoms with Crippen molar-refractivity contribution in [2.24, 2.45) is 5.73 Å². The number of hydrogen-bond donors (Lipinski definition) is 2. The topological polar surface area (TPSA) is 76.7 Å². The molecule has 19 heavy (non-hydrogen) atoms. The molecule has 0 bridgehead atoms. The fraction of sp³-hybridized carbons (Fsp3) is 0.357. The predicted octanol–water partition coefficient (Wildman–Crippen LogP) is 2.20. The number of nitrogens with two attached hydrogens (primary N) is 1. The van der Waals surface area contributed by atoms with E-state index in [1.54, 1.807) is 0 Å². The van der Waals surface area contributed by atoms with Crippen LogP contribution in [0.3, 0.4) is 0 Å². The Kier molecular flexibility index (Phi) is 4.41. The number of nitrogens with one attached hydrogen (secondary N) is 1. The fourth-order valence-corrected chi connectivity index (χ4v) is 1.84. The summed E-state index contributed by atoms with van der Waals surface area (Å²) in [6.07, 6.45) is 1.72. The van der Waals surface area contributed by atoms with Crippen LogP contribution < -0.4 is 11.1 Å². The van der Waals surface area contributed by atoms with Crippen molar-refractivity contribution in [2.75, 3.05) is 5.32 Å². The van der Waals surface area contributed by atoms with Crippen molar-refractivity contribution in [3.8, 4) is 0 Å². The first-order valence-corrected chi connectivity index (χ1v) is 6.55. The van der Waals surface area contributed by atoms with Crippen LogP contribution in [-0.2, 0) is 19.4 Å². The normalized spacial score (nSPS) is 10.5. The molecular formula is C14H19N5. The fourth-order valence-electron chi connectivity index (χ4n) is 1.84. The Balaban J connectivity index is 2.18. The second kappa shape index (κ2) is 6.24. The highest BCUT2D eigenvalue weighted by Gasteiger charge is 2.06. The molecule has 2 aromatic rings. The van der Waals surface area contributed by atoms with Gasteiger partial charge < -0.3 is 11.1 Å². The summed E-state index contributed by atoms with van der Waals surface area (Å²) in [5.41, 5.74) is 9.56. The van der Waals surface area contributed by atoms with Crippen molar-refractivity contribution in [3.05, 3.63) is 41.2 Å². The van der Waals surface area contributed by atoms with Crippen molar-refractivity contribution >= 4 is 11.6 Å². The molecular weight excluding hydrogens is 238 g/mol. The van der Waals surface area contributed by atoms with Crippen molar-refractivity contribution in [1.29, 1.82) is 0 Å². The minimum atomic E-state index is 0.537. The Hall–Kier alpha value is -2.01. The Labute approximate surface area is 113 Å². The second-order valence-electron chi connectivity index (χ2n) is 4.26. The van der Waals surface area contributed by atoms with E-state index in [1.807, 2.05) is 24.3 Å². The number of hydrogen-bond acceptors (Lipinski definition) is 5. The first-order valence-electron chi connectivity index (χ1n) is 6.55. The number of nitrogens with zero attached hydrogens (tertiary/aromatic N) is 3. The number of rotatable bonds is 5. The maximum Gasteiger partial charge on any atom is 0.247 e. The molecule has 5 heteroatoms. The predicted molar refractivity (Wildman–Crippen MR) is 76.2 cm³/mol. The maximum atomic E-state index is 5.57. The molecule has 1 heterocycles. The molecule has 0 amide bonds. The Morgan fingerprint density at radius 1 is 1.00 bits per heavy atom. The molecule has 0 aliphatic carbocycles. The molecule has 2 rings (SSSR count). The van der Waals surface area contributed by atoms with Gasteiger partial charge in [-0.25, -0.2) is 4.98 Å². The molecule has 0 aliphatic heterocycles. The highest BCUT2D eigenvalue weighted by molar-refractivity contribution is 5.53. The first kappa shape index (κ1) is 13.4. The average Bonchev–Trinajstić information content (AvgIpc) is 2.48. The van der Waals surface area contributed by atoms with E-state index in [-0.39, 0.29) is 0 Å². The summed E-state index contributed by atoms with van der Waals surface area (Å²) in [4.78, 5) is 4.49. The third-order valence-electron chi connectivity index (χ3n) is 2.95. The van der Waals surface area contributed by atoms with Crippen LogP contribution in [0.2, 0.25) is 0 Å². The Morgan fingerprint density at radius 2 is 1.68 bits per heavy atom. The molecule has 0 aliphatic rings. The summed E-state index contributed by atoms with van der Waals surface area (Å²) in [6, 6.07) is 7.89. The zero-order chi connectivity index (χ0) is 13.7. The van der Waals surface area contributed by atoms with Gasteiger partial charge in [0.15, 0.2) is 0 Å². The zero-order valence-electron chi connectivity index (χ0n) is 11.3. The van der Waals surface area contributed by atoms with Gasteiger partial charge in [-0.2, -0.15) is 0 Å². The van der Waals surface area contributed by atoms with E-state index in [4.69, 9.17) is 5.73 Å².